The van der Waals surface area contributed by atoms with Crippen LogP contribution in [-0.2, 0) is 11.2 Å². The SMILES string of the molecule is O=C(CSc1nnc(Cc2cccs2)n1C1CC1)NC1CCCCCCC1. The van der Waals surface area contributed by atoms with Crippen LogP contribution >= 0.6 is 23.1 Å². The zero-order valence-electron chi connectivity index (χ0n) is 15.7. The third kappa shape index (κ3) is 5.35. The van der Waals surface area contributed by atoms with Gasteiger partial charge in [-0.25, -0.2) is 0 Å². The second-order valence-electron chi connectivity index (χ2n) is 7.65. The van der Waals surface area contributed by atoms with Gasteiger partial charge in [0, 0.05) is 23.4 Å². The highest BCUT2D eigenvalue weighted by Gasteiger charge is 2.30. The lowest BCUT2D eigenvalue weighted by atomic mass is 9.97. The number of hydrogen-bond acceptors (Lipinski definition) is 5. The molecule has 27 heavy (non-hydrogen) atoms. The summed E-state index contributed by atoms with van der Waals surface area (Å²) >= 11 is 3.29. The van der Waals surface area contributed by atoms with Crippen LogP contribution in [0.1, 0.15) is 74.5 Å². The third-order valence-electron chi connectivity index (χ3n) is 5.36. The Bertz CT molecular complexity index is 731. The Kier molecular flexibility index (Phi) is 6.50. The molecule has 5 nitrogen and oxygen atoms in total. The Labute approximate surface area is 169 Å². The fraction of sp³-hybridized carbons (Fsp3) is 0.650. The van der Waals surface area contributed by atoms with Gasteiger partial charge in [-0.15, -0.1) is 21.5 Å². The summed E-state index contributed by atoms with van der Waals surface area (Å²) in [5.41, 5.74) is 0. The molecule has 0 atom stereocenters. The smallest absolute Gasteiger partial charge is 0.230 e. The first-order chi connectivity index (χ1) is 13.3. The summed E-state index contributed by atoms with van der Waals surface area (Å²) in [5, 5.41) is 15.1. The van der Waals surface area contributed by atoms with Crippen LogP contribution < -0.4 is 5.32 Å². The summed E-state index contributed by atoms with van der Waals surface area (Å²) in [6.45, 7) is 0. The summed E-state index contributed by atoms with van der Waals surface area (Å²) in [6, 6.07) is 5.10. The van der Waals surface area contributed by atoms with Gasteiger partial charge in [0.05, 0.1) is 5.75 Å². The molecule has 0 aliphatic heterocycles. The van der Waals surface area contributed by atoms with E-state index >= 15 is 0 Å². The first kappa shape index (κ1) is 19.0. The van der Waals surface area contributed by atoms with Crippen LogP contribution in [0.15, 0.2) is 22.7 Å². The van der Waals surface area contributed by atoms with Crippen molar-refractivity contribution in [3.63, 3.8) is 0 Å². The van der Waals surface area contributed by atoms with E-state index in [0.29, 0.717) is 17.8 Å². The number of thiophene rings is 1. The highest BCUT2D eigenvalue weighted by Crippen LogP contribution is 2.39. The van der Waals surface area contributed by atoms with Gasteiger partial charge in [0.2, 0.25) is 5.91 Å². The standard InChI is InChI=1S/C20H28N4OS2/c25-19(21-15-7-4-2-1-3-5-8-15)14-27-20-23-22-18(24(20)16-10-11-16)13-17-9-6-12-26-17/h6,9,12,15-16H,1-5,7-8,10-11,13-14H2,(H,21,25). The zero-order valence-corrected chi connectivity index (χ0v) is 17.4. The van der Waals surface area contributed by atoms with Crippen LogP contribution in [0.3, 0.4) is 0 Å². The van der Waals surface area contributed by atoms with Gasteiger partial charge in [-0.3, -0.25) is 4.79 Å². The number of carbonyl (C=O) groups is 1. The van der Waals surface area contributed by atoms with Gasteiger partial charge in [0.1, 0.15) is 5.82 Å². The van der Waals surface area contributed by atoms with Gasteiger partial charge in [-0.2, -0.15) is 0 Å². The maximum absolute atomic E-state index is 12.5. The average Bonchev–Trinajstić information content (AvgIpc) is 3.19. The van der Waals surface area contributed by atoms with Gasteiger partial charge in [-0.05, 0) is 37.1 Å². The largest absolute Gasteiger partial charge is 0.353 e. The van der Waals surface area contributed by atoms with Crippen molar-refractivity contribution >= 4 is 29.0 Å². The van der Waals surface area contributed by atoms with E-state index < -0.39 is 0 Å². The summed E-state index contributed by atoms with van der Waals surface area (Å²) in [7, 11) is 0. The second kappa shape index (κ2) is 9.24. The summed E-state index contributed by atoms with van der Waals surface area (Å²) < 4.78 is 2.27. The molecule has 4 rings (SSSR count). The quantitative estimate of drug-likeness (QED) is 0.686. The van der Waals surface area contributed by atoms with Crippen LogP contribution in [0.4, 0.5) is 0 Å². The number of rotatable bonds is 7. The summed E-state index contributed by atoms with van der Waals surface area (Å²) in [5.74, 6) is 1.60. The molecule has 2 aromatic heterocycles. The number of aromatic nitrogens is 3. The predicted octanol–water partition coefficient (Wildman–Crippen LogP) is 4.59. The average molecular weight is 405 g/mol. The predicted molar refractivity (Wildman–Crippen MR) is 110 cm³/mol. The van der Waals surface area contributed by atoms with E-state index in [0.717, 1.165) is 30.2 Å². The van der Waals surface area contributed by atoms with E-state index in [4.69, 9.17) is 0 Å². The molecule has 2 aliphatic rings. The molecule has 2 saturated carbocycles. The summed E-state index contributed by atoms with van der Waals surface area (Å²) in [6.07, 6.45) is 11.9. The number of nitrogens with one attached hydrogen (secondary N) is 1. The van der Waals surface area contributed by atoms with E-state index in [1.54, 1.807) is 11.3 Å². The van der Waals surface area contributed by atoms with E-state index in [1.165, 1.54) is 61.6 Å². The topological polar surface area (TPSA) is 59.8 Å². The van der Waals surface area contributed by atoms with Crippen molar-refractivity contribution in [1.82, 2.24) is 20.1 Å². The van der Waals surface area contributed by atoms with Crippen molar-refractivity contribution in [3.8, 4) is 0 Å². The van der Waals surface area contributed by atoms with Gasteiger partial charge >= 0.3 is 0 Å². The molecule has 1 amide bonds. The van der Waals surface area contributed by atoms with Crippen LogP contribution in [0, 0.1) is 0 Å². The van der Waals surface area contributed by atoms with E-state index in [2.05, 4.69) is 37.6 Å². The lowest BCUT2D eigenvalue weighted by Crippen LogP contribution is -2.36. The number of amides is 1. The van der Waals surface area contributed by atoms with Crippen molar-refractivity contribution in [3.05, 3.63) is 28.2 Å². The van der Waals surface area contributed by atoms with Crippen LogP contribution in [0.25, 0.3) is 0 Å². The van der Waals surface area contributed by atoms with Crippen molar-refractivity contribution in [2.24, 2.45) is 0 Å². The fourth-order valence-electron chi connectivity index (χ4n) is 3.79. The summed E-state index contributed by atoms with van der Waals surface area (Å²) in [4.78, 5) is 13.8. The number of hydrogen-bond donors (Lipinski definition) is 1. The zero-order chi connectivity index (χ0) is 18.5. The van der Waals surface area contributed by atoms with E-state index in [-0.39, 0.29) is 5.91 Å². The molecule has 0 bridgehead atoms. The Morgan fingerprint density at radius 3 is 2.63 bits per heavy atom. The molecule has 2 aliphatic carbocycles. The van der Waals surface area contributed by atoms with Crippen molar-refractivity contribution in [1.29, 1.82) is 0 Å². The van der Waals surface area contributed by atoms with E-state index in [1.807, 2.05) is 0 Å². The fourth-order valence-corrected chi connectivity index (χ4v) is 5.33. The van der Waals surface area contributed by atoms with Gasteiger partial charge in [0.15, 0.2) is 5.16 Å². The number of carbonyl (C=O) groups excluding carboxylic acids is 1. The lowest BCUT2D eigenvalue weighted by Gasteiger charge is -2.20. The minimum Gasteiger partial charge on any atom is -0.353 e. The van der Waals surface area contributed by atoms with Crippen molar-refractivity contribution in [2.75, 3.05) is 5.75 Å². The molecule has 0 unspecified atom stereocenters. The van der Waals surface area contributed by atoms with Gasteiger partial charge < -0.3 is 9.88 Å². The maximum atomic E-state index is 12.5. The number of nitrogens with zero attached hydrogens (tertiary/aromatic N) is 3. The highest BCUT2D eigenvalue weighted by molar-refractivity contribution is 7.99. The molecule has 7 heteroatoms. The molecular weight excluding hydrogens is 376 g/mol. The molecular formula is C20H28N4OS2. The minimum absolute atomic E-state index is 0.135. The first-order valence-electron chi connectivity index (χ1n) is 10.2. The van der Waals surface area contributed by atoms with Crippen LogP contribution in [0.5, 0.6) is 0 Å². The first-order valence-corrected chi connectivity index (χ1v) is 12.0. The highest BCUT2D eigenvalue weighted by atomic mass is 32.2. The molecule has 0 aromatic carbocycles. The van der Waals surface area contributed by atoms with Crippen molar-refractivity contribution < 1.29 is 4.79 Å². The van der Waals surface area contributed by atoms with Crippen molar-refractivity contribution in [2.45, 2.75) is 81.4 Å². The second-order valence-corrected chi connectivity index (χ2v) is 9.63. The van der Waals surface area contributed by atoms with Crippen LogP contribution in [0.2, 0.25) is 0 Å². The van der Waals surface area contributed by atoms with Gasteiger partial charge in [-0.1, -0.05) is 49.9 Å². The van der Waals surface area contributed by atoms with Crippen LogP contribution in [-0.4, -0.2) is 32.5 Å². The maximum Gasteiger partial charge on any atom is 0.230 e. The molecule has 0 spiro atoms. The molecule has 0 radical (unpaired) electrons. The number of thioether (sulfide) groups is 1. The molecule has 2 aromatic rings. The lowest BCUT2D eigenvalue weighted by molar-refractivity contribution is -0.119. The normalized spacial score (nSPS) is 18.8. The Morgan fingerprint density at radius 1 is 1.15 bits per heavy atom. The third-order valence-corrected chi connectivity index (χ3v) is 7.18. The molecule has 1 N–H and O–H groups in total. The van der Waals surface area contributed by atoms with Gasteiger partial charge in [0.25, 0.3) is 0 Å². The monoisotopic (exact) mass is 404 g/mol. The molecule has 146 valence electrons. The molecule has 2 heterocycles. The molecule has 2 fully saturated rings. The Morgan fingerprint density at radius 2 is 1.93 bits per heavy atom. The Hall–Kier alpha value is -1.34. The van der Waals surface area contributed by atoms with E-state index in [9.17, 15) is 4.79 Å². The molecule has 0 saturated heterocycles. The minimum atomic E-state index is 0.135. The Balaban J connectivity index is 1.33.